The Kier molecular flexibility index (Phi) is 7.80. The number of piperazine rings is 1. The third-order valence-corrected chi connectivity index (χ3v) is 7.78. The van der Waals surface area contributed by atoms with Gasteiger partial charge >= 0.3 is 0 Å². The fraction of sp³-hybridized carbons (Fsp3) is 0.269. The molecule has 0 unspecified atom stereocenters. The molecule has 0 atom stereocenters. The average Bonchev–Trinajstić information content (AvgIpc) is 2.89. The van der Waals surface area contributed by atoms with Gasteiger partial charge in [-0.2, -0.15) is 4.31 Å². The second kappa shape index (κ2) is 11.0. The van der Waals surface area contributed by atoms with Crippen LogP contribution in [0.15, 0.2) is 77.7 Å². The molecule has 0 aromatic heterocycles. The van der Waals surface area contributed by atoms with Crippen LogP contribution in [-0.4, -0.2) is 63.4 Å². The maximum absolute atomic E-state index is 13.7. The first-order valence-electron chi connectivity index (χ1n) is 11.3. The highest BCUT2D eigenvalue weighted by molar-refractivity contribution is 7.89. The fourth-order valence-electron chi connectivity index (χ4n) is 4.05. The van der Waals surface area contributed by atoms with Crippen molar-refractivity contribution in [3.63, 3.8) is 0 Å². The van der Waals surface area contributed by atoms with E-state index in [0.717, 1.165) is 0 Å². The number of carbonyl (C=O) groups excluding carboxylic acids is 1. The number of hydrogen-bond acceptors (Lipinski definition) is 5. The minimum absolute atomic E-state index is 0.0180. The van der Waals surface area contributed by atoms with E-state index in [4.69, 9.17) is 4.74 Å². The van der Waals surface area contributed by atoms with Crippen LogP contribution in [0.5, 0.6) is 5.75 Å². The van der Waals surface area contributed by atoms with E-state index in [1.54, 1.807) is 53.4 Å². The molecule has 0 aliphatic carbocycles. The van der Waals surface area contributed by atoms with E-state index in [-0.39, 0.29) is 29.7 Å². The number of ether oxygens (including phenoxy) is 1. The first-order valence-corrected chi connectivity index (χ1v) is 12.8. The van der Waals surface area contributed by atoms with Gasteiger partial charge in [0.25, 0.3) is 0 Å². The third kappa shape index (κ3) is 5.87. The Morgan fingerprint density at radius 1 is 1.00 bits per heavy atom. The van der Waals surface area contributed by atoms with Gasteiger partial charge in [0.1, 0.15) is 11.6 Å². The van der Waals surface area contributed by atoms with E-state index in [1.807, 2.05) is 0 Å². The molecule has 1 N–H and O–H groups in total. The molecule has 1 aliphatic rings. The molecule has 1 fully saturated rings. The Balaban J connectivity index is 1.64. The maximum Gasteiger partial charge on any atom is 0.243 e. The lowest BCUT2D eigenvalue weighted by atomic mass is 10.1. The Morgan fingerprint density at radius 3 is 2.40 bits per heavy atom. The van der Waals surface area contributed by atoms with Crippen molar-refractivity contribution in [3.05, 3.63) is 84.2 Å². The molecule has 3 aromatic rings. The van der Waals surface area contributed by atoms with E-state index in [1.165, 1.54) is 35.7 Å². The molecule has 4 rings (SSSR count). The molecule has 0 saturated carbocycles. The number of benzene rings is 3. The summed E-state index contributed by atoms with van der Waals surface area (Å²) in [6, 6.07) is 19.5. The van der Waals surface area contributed by atoms with Gasteiger partial charge in [-0.3, -0.25) is 4.79 Å². The zero-order valence-electron chi connectivity index (χ0n) is 19.5. The zero-order chi connectivity index (χ0) is 24.8. The van der Waals surface area contributed by atoms with Gasteiger partial charge in [0.05, 0.1) is 18.6 Å². The van der Waals surface area contributed by atoms with Crippen molar-refractivity contribution in [1.29, 1.82) is 0 Å². The lowest BCUT2D eigenvalue weighted by Gasteiger charge is -2.30. The molecule has 1 aliphatic heterocycles. The van der Waals surface area contributed by atoms with Crippen molar-refractivity contribution in [1.82, 2.24) is 14.5 Å². The lowest BCUT2D eigenvalue weighted by Crippen LogP contribution is -2.50. The Hall–Kier alpha value is -3.27. The van der Waals surface area contributed by atoms with Crippen molar-refractivity contribution < 1.29 is 22.3 Å². The molecule has 1 amide bonds. The quantitative estimate of drug-likeness (QED) is 0.518. The molecular formula is C26H28FN3O4S. The molecule has 0 bridgehead atoms. The minimum Gasteiger partial charge on any atom is -0.496 e. The average molecular weight is 498 g/mol. The van der Waals surface area contributed by atoms with Gasteiger partial charge in [-0.05, 0) is 41.5 Å². The summed E-state index contributed by atoms with van der Waals surface area (Å²) in [5.74, 6) is -0.0706. The van der Waals surface area contributed by atoms with Gasteiger partial charge < -0.3 is 15.0 Å². The number of sulfonamides is 1. The first kappa shape index (κ1) is 24.8. The number of nitrogens with zero attached hydrogens (tertiary/aromatic N) is 2. The van der Waals surface area contributed by atoms with E-state index in [9.17, 15) is 17.6 Å². The molecule has 9 heteroatoms. The number of nitrogens with one attached hydrogen (secondary N) is 1. The standard InChI is InChI=1S/C26H28FN3O4S/c1-34-25-8-3-2-5-22(25)18-30(19-26(31)29-15-13-28-14-16-29)35(32,33)24-11-9-20(10-12-24)21-6-4-7-23(27)17-21/h2-12,17,28H,13-16,18-19H2,1H3. The number of carbonyl (C=O) groups is 1. The van der Waals surface area contributed by atoms with Crippen LogP contribution in [-0.2, 0) is 21.4 Å². The zero-order valence-corrected chi connectivity index (χ0v) is 20.3. The van der Waals surface area contributed by atoms with Crippen LogP contribution in [0.4, 0.5) is 4.39 Å². The van der Waals surface area contributed by atoms with Crippen molar-refractivity contribution in [2.45, 2.75) is 11.4 Å². The highest BCUT2D eigenvalue weighted by Crippen LogP contribution is 2.26. The molecular weight excluding hydrogens is 469 g/mol. The van der Waals surface area contributed by atoms with Crippen molar-refractivity contribution in [2.24, 2.45) is 0 Å². The summed E-state index contributed by atoms with van der Waals surface area (Å²) in [5.41, 5.74) is 1.99. The van der Waals surface area contributed by atoms with E-state index >= 15 is 0 Å². The summed E-state index contributed by atoms with van der Waals surface area (Å²) in [6.45, 7) is 2.11. The summed E-state index contributed by atoms with van der Waals surface area (Å²) in [6.07, 6.45) is 0. The normalized spacial score (nSPS) is 14.2. The summed E-state index contributed by atoms with van der Waals surface area (Å²) < 4.78 is 47.6. The van der Waals surface area contributed by atoms with Crippen LogP contribution in [0.25, 0.3) is 11.1 Å². The molecule has 0 spiro atoms. The van der Waals surface area contributed by atoms with Gasteiger partial charge in [0.15, 0.2) is 0 Å². The molecule has 0 radical (unpaired) electrons. The first-order chi connectivity index (χ1) is 16.9. The van der Waals surface area contributed by atoms with Crippen molar-refractivity contribution in [2.75, 3.05) is 39.8 Å². The Morgan fingerprint density at radius 2 is 1.71 bits per heavy atom. The molecule has 35 heavy (non-hydrogen) atoms. The topological polar surface area (TPSA) is 79.0 Å². The van der Waals surface area contributed by atoms with E-state index < -0.39 is 10.0 Å². The highest BCUT2D eigenvalue weighted by Gasteiger charge is 2.30. The SMILES string of the molecule is COc1ccccc1CN(CC(=O)N1CCNCC1)S(=O)(=O)c1ccc(-c2cccc(F)c2)cc1. The predicted octanol–water partition coefficient (Wildman–Crippen LogP) is 3.12. The lowest BCUT2D eigenvalue weighted by molar-refractivity contribution is -0.132. The Labute approximate surface area is 205 Å². The second-order valence-corrected chi connectivity index (χ2v) is 10.2. The van der Waals surface area contributed by atoms with Crippen LogP contribution in [0.1, 0.15) is 5.56 Å². The van der Waals surface area contributed by atoms with Crippen LogP contribution < -0.4 is 10.1 Å². The van der Waals surface area contributed by atoms with Crippen molar-refractivity contribution >= 4 is 15.9 Å². The molecule has 1 saturated heterocycles. The molecule has 7 nitrogen and oxygen atoms in total. The van der Waals surface area contributed by atoms with Crippen molar-refractivity contribution in [3.8, 4) is 16.9 Å². The smallest absolute Gasteiger partial charge is 0.243 e. The van der Waals surface area contributed by atoms with E-state index in [0.29, 0.717) is 48.6 Å². The minimum atomic E-state index is -4.02. The van der Waals surface area contributed by atoms with Gasteiger partial charge in [-0.1, -0.05) is 42.5 Å². The predicted molar refractivity (Wildman–Crippen MR) is 132 cm³/mol. The second-order valence-electron chi connectivity index (χ2n) is 8.25. The Bertz CT molecular complexity index is 1280. The van der Waals surface area contributed by atoms with Gasteiger partial charge in [0.2, 0.25) is 15.9 Å². The highest BCUT2D eigenvalue weighted by atomic mass is 32.2. The molecule has 3 aromatic carbocycles. The number of para-hydroxylation sites is 1. The van der Waals surface area contributed by atoms with Gasteiger partial charge in [-0.15, -0.1) is 0 Å². The molecule has 1 heterocycles. The monoisotopic (exact) mass is 497 g/mol. The van der Waals surface area contributed by atoms with Crippen LogP contribution in [0.3, 0.4) is 0 Å². The molecule has 184 valence electrons. The third-order valence-electron chi connectivity index (χ3n) is 5.97. The van der Waals surface area contributed by atoms with Crippen LogP contribution in [0, 0.1) is 5.82 Å². The van der Waals surface area contributed by atoms with Crippen LogP contribution >= 0.6 is 0 Å². The summed E-state index contributed by atoms with van der Waals surface area (Å²) in [5, 5.41) is 3.19. The summed E-state index contributed by atoms with van der Waals surface area (Å²) >= 11 is 0. The number of hydrogen-bond donors (Lipinski definition) is 1. The fourth-order valence-corrected chi connectivity index (χ4v) is 5.42. The van der Waals surface area contributed by atoms with Gasteiger partial charge in [0, 0.05) is 38.3 Å². The number of halogens is 1. The largest absolute Gasteiger partial charge is 0.496 e. The van der Waals surface area contributed by atoms with Crippen LogP contribution in [0.2, 0.25) is 0 Å². The van der Waals surface area contributed by atoms with Gasteiger partial charge in [-0.25, -0.2) is 12.8 Å². The number of methoxy groups -OCH3 is 1. The number of rotatable bonds is 8. The maximum atomic E-state index is 13.7. The summed E-state index contributed by atoms with van der Waals surface area (Å²) in [4.78, 5) is 14.8. The number of amides is 1. The van der Waals surface area contributed by atoms with E-state index in [2.05, 4.69) is 5.32 Å². The summed E-state index contributed by atoms with van der Waals surface area (Å²) in [7, 11) is -2.50.